The molecule has 0 aliphatic carbocycles. The molecule has 0 saturated heterocycles. The fourth-order valence-electron chi connectivity index (χ4n) is 3.10. The van der Waals surface area contributed by atoms with Crippen LogP contribution in [0.3, 0.4) is 0 Å². The summed E-state index contributed by atoms with van der Waals surface area (Å²) in [5.41, 5.74) is -0.00182. The average Bonchev–Trinajstić information content (AvgIpc) is 2.71. The quantitative estimate of drug-likeness (QED) is 0.162. The van der Waals surface area contributed by atoms with Crippen molar-refractivity contribution < 1.29 is 52.7 Å². The van der Waals surface area contributed by atoms with Crippen molar-refractivity contribution in [3.05, 3.63) is 0 Å². The van der Waals surface area contributed by atoms with E-state index in [1.807, 2.05) is 62.3 Å². The Kier molecular flexibility index (Phi) is 30.6. The zero-order valence-corrected chi connectivity index (χ0v) is 26.7. The largest absolute Gasteiger partial charge is 0.463 e. The van der Waals surface area contributed by atoms with Crippen LogP contribution in [0.4, 0.5) is 8.78 Å². The van der Waals surface area contributed by atoms with Crippen LogP contribution in [0.1, 0.15) is 131 Å². The third kappa shape index (κ3) is 44.7. The minimum Gasteiger partial charge on any atom is -0.463 e. The van der Waals surface area contributed by atoms with Gasteiger partial charge in [0, 0.05) is 20.3 Å². The molecule has 3 unspecified atom stereocenters. The zero-order chi connectivity index (χ0) is 32.5. The maximum absolute atomic E-state index is 12.3. The summed E-state index contributed by atoms with van der Waals surface area (Å²) in [5, 5.41) is 28.2. The first-order valence-corrected chi connectivity index (χ1v) is 13.6. The molecule has 0 aromatic heterocycles. The molecule has 0 aliphatic heterocycles. The Morgan fingerprint density at radius 2 is 0.884 bits per heavy atom. The van der Waals surface area contributed by atoms with Crippen LogP contribution >= 0.6 is 0 Å². The molecule has 0 spiro atoms. The van der Waals surface area contributed by atoms with Gasteiger partial charge in [0.05, 0.1) is 18.3 Å². The number of carbonyl (C=O) groups is 3. The standard InChI is InChI=1S/C10H18F2O3.C10H20O3.C9H18O3.3CH4/c1-9(2,3)5-7(13)6-15-8(14)10(4,11)12;1-5-9(12)13-7-8(11)6-10(2,3)4;1-7(10)12-6-8(11)5-9(2,3)4;;;/h7,13H,5-6H2,1-4H3;8,11H,5-7H2,1-4H3;8,11H,5-6H2,1-4H3;3*1H4. The molecular formula is C32H68F2O9. The summed E-state index contributed by atoms with van der Waals surface area (Å²) in [6, 6.07) is 0. The van der Waals surface area contributed by atoms with E-state index in [1.54, 1.807) is 6.92 Å². The molecule has 0 rings (SSSR count). The summed E-state index contributed by atoms with van der Waals surface area (Å²) < 4.78 is 38.4. The predicted molar refractivity (Wildman–Crippen MR) is 170 cm³/mol. The second-order valence-electron chi connectivity index (χ2n) is 13.6. The second kappa shape index (κ2) is 24.5. The number of esters is 3. The van der Waals surface area contributed by atoms with Crippen LogP contribution < -0.4 is 0 Å². The molecular weight excluding hydrogens is 566 g/mol. The van der Waals surface area contributed by atoms with Crippen molar-refractivity contribution in [2.45, 2.75) is 155 Å². The number of ether oxygens (including phenoxy) is 3. The zero-order valence-electron chi connectivity index (χ0n) is 26.7. The minimum atomic E-state index is -3.50. The van der Waals surface area contributed by atoms with E-state index >= 15 is 0 Å². The van der Waals surface area contributed by atoms with Crippen LogP contribution in [0, 0.1) is 16.2 Å². The van der Waals surface area contributed by atoms with E-state index in [1.165, 1.54) is 6.92 Å². The molecule has 0 aromatic rings. The minimum absolute atomic E-state index is 0. The van der Waals surface area contributed by atoms with Crippen molar-refractivity contribution in [2.75, 3.05) is 19.8 Å². The first kappa shape index (κ1) is 53.7. The molecule has 43 heavy (non-hydrogen) atoms. The number of hydrogen-bond acceptors (Lipinski definition) is 9. The average molecular weight is 635 g/mol. The van der Waals surface area contributed by atoms with E-state index < -0.39 is 30.2 Å². The second-order valence-corrected chi connectivity index (χ2v) is 13.6. The van der Waals surface area contributed by atoms with Gasteiger partial charge in [-0.15, -0.1) is 0 Å². The van der Waals surface area contributed by atoms with Gasteiger partial charge in [0.1, 0.15) is 19.8 Å². The lowest BCUT2D eigenvalue weighted by atomic mass is 9.89. The fraction of sp³-hybridized carbons (Fsp3) is 0.906. The van der Waals surface area contributed by atoms with Gasteiger partial charge in [-0.1, -0.05) is 91.5 Å². The first-order chi connectivity index (χ1) is 17.7. The Morgan fingerprint density at radius 1 is 0.605 bits per heavy atom. The Labute approximate surface area is 262 Å². The van der Waals surface area contributed by atoms with Crippen LogP contribution in [0.2, 0.25) is 0 Å². The van der Waals surface area contributed by atoms with E-state index in [4.69, 9.17) is 4.74 Å². The van der Waals surface area contributed by atoms with Crippen molar-refractivity contribution in [3.63, 3.8) is 0 Å². The molecule has 0 bridgehead atoms. The van der Waals surface area contributed by atoms with Gasteiger partial charge in [-0.05, 0) is 35.5 Å². The predicted octanol–water partition coefficient (Wildman–Crippen LogP) is 6.97. The number of hydrogen-bond donors (Lipinski definition) is 3. The number of aliphatic hydroxyl groups is 3. The van der Waals surface area contributed by atoms with Gasteiger partial charge in [-0.25, -0.2) is 4.79 Å². The maximum atomic E-state index is 12.3. The molecule has 0 heterocycles. The van der Waals surface area contributed by atoms with Gasteiger partial charge in [0.25, 0.3) is 0 Å². The van der Waals surface area contributed by atoms with Crippen LogP contribution in [0.15, 0.2) is 0 Å². The fourth-order valence-corrected chi connectivity index (χ4v) is 3.10. The van der Waals surface area contributed by atoms with E-state index in [-0.39, 0.29) is 70.3 Å². The third-order valence-electron chi connectivity index (χ3n) is 4.51. The number of carbonyl (C=O) groups excluding carboxylic acids is 3. The molecule has 9 nitrogen and oxygen atoms in total. The van der Waals surface area contributed by atoms with E-state index in [0.717, 1.165) is 0 Å². The molecule has 11 heteroatoms. The Hall–Kier alpha value is -1.85. The highest BCUT2D eigenvalue weighted by atomic mass is 19.3. The lowest BCUT2D eigenvalue weighted by molar-refractivity contribution is -0.172. The molecule has 0 fully saturated rings. The van der Waals surface area contributed by atoms with Crippen LogP contribution in [-0.4, -0.2) is 77.3 Å². The van der Waals surface area contributed by atoms with Crippen LogP contribution in [-0.2, 0) is 28.6 Å². The van der Waals surface area contributed by atoms with E-state index in [2.05, 4.69) is 9.47 Å². The molecule has 0 aliphatic rings. The first-order valence-electron chi connectivity index (χ1n) is 13.6. The lowest BCUT2D eigenvalue weighted by Gasteiger charge is -2.22. The smallest absolute Gasteiger partial charge is 0.376 e. The summed E-state index contributed by atoms with van der Waals surface area (Å²) in [4.78, 5) is 31.8. The summed E-state index contributed by atoms with van der Waals surface area (Å²) in [6.07, 6.45) is 0.0305. The van der Waals surface area contributed by atoms with Gasteiger partial charge < -0.3 is 29.5 Å². The lowest BCUT2D eigenvalue weighted by Crippen LogP contribution is -2.31. The van der Waals surface area contributed by atoms with E-state index in [0.29, 0.717) is 32.6 Å². The van der Waals surface area contributed by atoms with Gasteiger partial charge in [0.2, 0.25) is 0 Å². The van der Waals surface area contributed by atoms with Crippen molar-refractivity contribution in [1.82, 2.24) is 0 Å². The van der Waals surface area contributed by atoms with Crippen molar-refractivity contribution in [2.24, 2.45) is 16.2 Å². The number of rotatable bonds is 11. The topological polar surface area (TPSA) is 140 Å². The highest BCUT2D eigenvalue weighted by Crippen LogP contribution is 2.22. The summed E-state index contributed by atoms with van der Waals surface area (Å²) >= 11 is 0. The van der Waals surface area contributed by atoms with Gasteiger partial charge >= 0.3 is 23.8 Å². The summed E-state index contributed by atoms with van der Waals surface area (Å²) in [5.74, 6) is -5.70. The molecule has 0 saturated carbocycles. The molecule has 0 aromatic carbocycles. The monoisotopic (exact) mass is 634 g/mol. The molecule has 3 atom stereocenters. The van der Waals surface area contributed by atoms with E-state index in [9.17, 15) is 38.5 Å². The highest BCUT2D eigenvalue weighted by Gasteiger charge is 2.34. The SMILES string of the molecule is C.C.C.CC(=O)OCC(O)CC(C)(C)C.CC(C)(C)CC(O)COC(=O)C(C)(F)F.CCC(=O)OCC(O)CC(C)(C)C. The molecule has 0 radical (unpaired) electrons. The van der Waals surface area contributed by atoms with Crippen LogP contribution in [0.5, 0.6) is 0 Å². The number of alkyl halides is 2. The summed E-state index contributed by atoms with van der Waals surface area (Å²) in [7, 11) is 0. The number of halogens is 2. The van der Waals surface area contributed by atoms with Crippen molar-refractivity contribution >= 4 is 17.9 Å². The van der Waals surface area contributed by atoms with Crippen molar-refractivity contribution in [1.29, 1.82) is 0 Å². The highest BCUT2D eigenvalue weighted by molar-refractivity contribution is 5.76. The normalized spacial score (nSPS) is 13.3. The molecule has 0 amide bonds. The number of aliphatic hydroxyl groups excluding tert-OH is 3. The van der Waals surface area contributed by atoms with Gasteiger partial charge in [0.15, 0.2) is 0 Å². The summed E-state index contributed by atoms with van der Waals surface area (Å²) in [6.45, 7) is 21.3. The Balaban J connectivity index is -0.000000116. The van der Waals surface area contributed by atoms with Gasteiger partial charge in [-0.3, -0.25) is 9.59 Å². The van der Waals surface area contributed by atoms with Crippen molar-refractivity contribution in [3.8, 4) is 0 Å². The van der Waals surface area contributed by atoms with Gasteiger partial charge in [-0.2, -0.15) is 8.78 Å². The Bertz CT molecular complexity index is 716. The Morgan fingerprint density at radius 3 is 1.12 bits per heavy atom. The maximum Gasteiger partial charge on any atom is 0.376 e. The molecule has 3 N–H and O–H groups in total. The third-order valence-corrected chi connectivity index (χ3v) is 4.51. The molecule has 264 valence electrons. The van der Waals surface area contributed by atoms with Crippen LogP contribution in [0.25, 0.3) is 0 Å².